The lowest BCUT2D eigenvalue weighted by Crippen LogP contribution is -2.31. The summed E-state index contributed by atoms with van der Waals surface area (Å²) in [4.78, 5) is 12.6. The van der Waals surface area contributed by atoms with Crippen molar-refractivity contribution in [3.8, 4) is 17.6 Å². The molecule has 5 nitrogen and oxygen atoms in total. The molecular weight excluding hydrogens is 336 g/mol. The third kappa shape index (κ3) is 3.12. The fourth-order valence-corrected chi connectivity index (χ4v) is 4.19. The highest BCUT2D eigenvalue weighted by Gasteiger charge is 2.37. The first kappa shape index (κ1) is 17.4. The number of thioether (sulfide) groups is 1. The first-order valence-corrected chi connectivity index (χ1v) is 9.26. The molecule has 0 bridgehead atoms. The molecule has 0 spiro atoms. The molecule has 0 unspecified atom stereocenters. The highest BCUT2D eigenvalue weighted by atomic mass is 32.2. The molecule has 0 radical (unpaired) electrons. The topological polar surface area (TPSA) is 82.3 Å². The van der Waals surface area contributed by atoms with E-state index < -0.39 is 5.92 Å². The number of nitrogens with one attached hydrogen (secondary N) is 1. The summed E-state index contributed by atoms with van der Waals surface area (Å²) in [5.74, 6) is 0.866. The number of allylic oxidation sites excluding steroid dienone is 3. The van der Waals surface area contributed by atoms with E-state index >= 15 is 0 Å². The van der Waals surface area contributed by atoms with Crippen molar-refractivity contribution in [2.45, 2.75) is 32.1 Å². The summed E-state index contributed by atoms with van der Waals surface area (Å²) >= 11 is 1.57. The lowest BCUT2D eigenvalue weighted by molar-refractivity contribution is -0.116. The molecule has 2 aliphatic rings. The van der Waals surface area contributed by atoms with Gasteiger partial charge in [-0.05, 0) is 36.3 Å². The van der Waals surface area contributed by atoms with E-state index in [2.05, 4.69) is 11.4 Å². The predicted molar refractivity (Wildman–Crippen MR) is 97.2 cm³/mol. The van der Waals surface area contributed by atoms with Gasteiger partial charge in [-0.3, -0.25) is 4.79 Å². The Morgan fingerprint density at radius 1 is 1.44 bits per heavy atom. The summed E-state index contributed by atoms with van der Waals surface area (Å²) in [5.41, 5.74) is 2.93. The van der Waals surface area contributed by atoms with Gasteiger partial charge in [0.1, 0.15) is 0 Å². The van der Waals surface area contributed by atoms with E-state index in [0.717, 1.165) is 34.9 Å². The summed E-state index contributed by atoms with van der Waals surface area (Å²) in [6.07, 6.45) is 2.13. The lowest BCUT2D eigenvalue weighted by atomic mass is 9.77. The maximum absolute atomic E-state index is 12.6. The van der Waals surface area contributed by atoms with Crippen LogP contribution in [0.4, 0.5) is 0 Å². The number of carbonyl (C=O) groups excluding carboxylic acids is 1. The van der Waals surface area contributed by atoms with Crippen LogP contribution in [0.25, 0.3) is 0 Å². The molecule has 3 rings (SSSR count). The molecule has 1 atom stereocenters. The van der Waals surface area contributed by atoms with Gasteiger partial charge in [0.05, 0.1) is 29.7 Å². The first-order chi connectivity index (χ1) is 12.1. The van der Waals surface area contributed by atoms with Crippen molar-refractivity contribution in [2.75, 3.05) is 12.9 Å². The van der Waals surface area contributed by atoms with Crippen molar-refractivity contribution in [3.05, 3.63) is 45.6 Å². The predicted octanol–water partition coefficient (Wildman–Crippen LogP) is 3.58. The van der Waals surface area contributed by atoms with Gasteiger partial charge in [-0.15, -0.1) is 11.8 Å². The van der Waals surface area contributed by atoms with Crippen molar-refractivity contribution >= 4 is 17.5 Å². The smallest absolute Gasteiger partial charge is 0.161 e. The number of aromatic hydroxyl groups is 1. The van der Waals surface area contributed by atoms with E-state index in [0.29, 0.717) is 23.3 Å². The van der Waals surface area contributed by atoms with Crippen LogP contribution in [0.5, 0.6) is 11.5 Å². The second kappa shape index (κ2) is 7.24. The number of benzene rings is 1. The zero-order chi connectivity index (χ0) is 18.0. The number of ketones is 1. The standard InChI is InChI=1S/C19H20N2O3S/c1-3-25-19-12(10-20)17(11-7-8-14(22)16(9-11)24-2)18-13(21-19)5-4-6-15(18)23/h7-9,17,21-22H,3-6H2,1-2H3/t17-/m0/s1. The molecule has 1 aliphatic heterocycles. The lowest BCUT2D eigenvalue weighted by Gasteiger charge is -2.33. The van der Waals surface area contributed by atoms with Crippen LogP contribution in [0, 0.1) is 11.3 Å². The molecular formula is C19H20N2O3S. The number of carbonyl (C=O) groups is 1. The van der Waals surface area contributed by atoms with Gasteiger partial charge < -0.3 is 15.2 Å². The molecule has 1 heterocycles. The molecule has 0 saturated carbocycles. The average Bonchev–Trinajstić information content (AvgIpc) is 2.61. The number of phenols is 1. The first-order valence-electron chi connectivity index (χ1n) is 8.27. The third-order valence-corrected chi connectivity index (χ3v) is 5.39. The van der Waals surface area contributed by atoms with Crippen LogP contribution in [-0.4, -0.2) is 23.8 Å². The van der Waals surface area contributed by atoms with Crippen LogP contribution in [-0.2, 0) is 4.79 Å². The van der Waals surface area contributed by atoms with E-state index in [1.54, 1.807) is 30.0 Å². The number of ether oxygens (including phenoxy) is 1. The van der Waals surface area contributed by atoms with E-state index in [1.165, 1.54) is 7.11 Å². The van der Waals surface area contributed by atoms with Crippen molar-refractivity contribution in [3.63, 3.8) is 0 Å². The molecule has 130 valence electrons. The fourth-order valence-electron chi connectivity index (χ4n) is 3.39. The summed E-state index contributed by atoms with van der Waals surface area (Å²) < 4.78 is 5.21. The van der Waals surface area contributed by atoms with Crippen LogP contribution in [0.3, 0.4) is 0 Å². The van der Waals surface area contributed by atoms with Gasteiger partial charge in [0.25, 0.3) is 0 Å². The Kier molecular flexibility index (Phi) is 5.05. The molecule has 0 aromatic heterocycles. The summed E-state index contributed by atoms with van der Waals surface area (Å²) in [7, 11) is 1.48. The van der Waals surface area contributed by atoms with Crippen LogP contribution in [0.1, 0.15) is 37.7 Å². The van der Waals surface area contributed by atoms with Crippen molar-refractivity contribution < 1.29 is 14.6 Å². The Morgan fingerprint density at radius 2 is 2.24 bits per heavy atom. The Labute approximate surface area is 151 Å². The van der Waals surface area contributed by atoms with Gasteiger partial charge in [0.2, 0.25) is 0 Å². The zero-order valence-electron chi connectivity index (χ0n) is 14.3. The van der Waals surface area contributed by atoms with Gasteiger partial charge in [-0.2, -0.15) is 5.26 Å². The summed E-state index contributed by atoms with van der Waals surface area (Å²) in [6, 6.07) is 7.31. The third-order valence-electron chi connectivity index (χ3n) is 4.49. The number of hydrogen-bond acceptors (Lipinski definition) is 6. The van der Waals surface area contributed by atoms with Crippen molar-refractivity contribution in [1.29, 1.82) is 5.26 Å². The van der Waals surface area contributed by atoms with E-state index in [1.807, 2.05) is 6.92 Å². The number of Topliss-reactive ketones (excluding diaryl/α,β-unsaturated/α-hetero) is 1. The molecule has 1 aromatic rings. The Balaban J connectivity index is 2.19. The average molecular weight is 356 g/mol. The molecule has 6 heteroatoms. The Morgan fingerprint density at radius 3 is 2.92 bits per heavy atom. The number of dihydropyridines is 1. The molecule has 2 N–H and O–H groups in total. The van der Waals surface area contributed by atoms with Crippen molar-refractivity contribution in [2.24, 2.45) is 0 Å². The summed E-state index contributed by atoms with van der Waals surface area (Å²) in [6.45, 7) is 2.03. The van der Waals surface area contributed by atoms with Crippen LogP contribution in [0.2, 0.25) is 0 Å². The second-order valence-corrected chi connectivity index (χ2v) is 7.22. The largest absolute Gasteiger partial charge is 0.504 e. The van der Waals surface area contributed by atoms with Crippen molar-refractivity contribution in [1.82, 2.24) is 5.32 Å². The minimum Gasteiger partial charge on any atom is -0.504 e. The van der Waals surface area contributed by atoms with Gasteiger partial charge in [-0.1, -0.05) is 13.0 Å². The quantitative estimate of drug-likeness (QED) is 0.858. The van der Waals surface area contributed by atoms with Gasteiger partial charge in [0, 0.05) is 17.7 Å². The SMILES string of the molecule is CCSC1=C(C#N)[C@H](c2ccc(O)c(OC)c2)C2=C(CCCC2=O)N1. The number of phenolic OH excluding ortho intramolecular Hbond substituents is 1. The highest BCUT2D eigenvalue weighted by Crippen LogP contribution is 2.45. The minimum atomic E-state index is -0.419. The van der Waals surface area contributed by atoms with Gasteiger partial charge in [-0.25, -0.2) is 0 Å². The maximum atomic E-state index is 12.6. The molecule has 0 fully saturated rings. The van der Waals surface area contributed by atoms with E-state index in [4.69, 9.17) is 4.74 Å². The van der Waals surface area contributed by atoms with Crippen LogP contribution in [0.15, 0.2) is 40.1 Å². The number of nitriles is 1. The number of hydrogen-bond donors (Lipinski definition) is 2. The van der Waals surface area contributed by atoms with Crippen LogP contribution < -0.4 is 10.1 Å². The van der Waals surface area contributed by atoms with Gasteiger partial charge in [0.15, 0.2) is 17.3 Å². The van der Waals surface area contributed by atoms with Gasteiger partial charge >= 0.3 is 0 Å². The van der Waals surface area contributed by atoms with Crippen LogP contribution >= 0.6 is 11.8 Å². The molecule has 1 aromatic carbocycles. The fraction of sp³-hybridized carbons (Fsp3) is 0.368. The normalized spacial score (nSPS) is 20.0. The van der Waals surface area contributed by atoms with E-state index in [-0.39, 0.29) is 11.5 Å². The number of nitrogens with zero attached hydrogens (tertiary/aromatic N) is 1. The molecule has 25 heavy (non-hydrogen) atoms. The molecule has 0 saturated heterocycles. The Bertz CT molecular complexity index is 820. The Hall–Kier alpha value is -2.39. The minimum absolute atomic E-state index is 0.0370. The summed E-state index contributed by atoms with van der Waals surface area (Å²) in [5, 5.41) is 23.8. The molecule has 0 amide bonds. The zero-order valence-corrected chi connectivity index (χ0v) is 15.1. The monoisotopic (exact) mass is 356 g/mol. The number of rotatable bonds is 4. The highest BCUT2D eigenvalue weighted by molar-refractivity contribution is 8.03. The second-order valence-electron chi connectivity index (χ2n) is 5.95. The maximum Gasteiger partial charge on any atom is 0.161 e. The van der Waals surface area contributed by atoms with E-state index in [9.17, 15) is 15.2 Å². The molecule has 1 aliphatic carbocycles. The number of methoxy groups -OCH3 is 1.